The molecule has 2 aromatic rings. The molecule has 20 heavy (non-hydrogen) atoms. The molecule has 1 aliphatic rings. The maximum atomic E-state index is 5.86. The number of likely N-dealkylation sites (N-methyl/N-ethyl adjacent to an activating group) is 1. The SMILES string of the molecule is CCN1CCCC1CNc1ncnc2ccc(N)cc12. The zero-order valence-corrected chi connectivity index (χ0v) is 11.8. The summed E-state index contributed by atoms with van der Waals surface area (Å²) in [5.74, 6) is 0.880. The lowest BCUT2D eigenvalue weighted by Crippen LogP contribution is -2.34. The Bertz CT molecular complexity index is 598. The number of hydrogen-bond donors (Lipinski definition) is 2. The lowest BCUT2D eigenvalue weighted by atomic mass is 10.2. The second-order valence-corrected chi connectivity index (χ2v) is 5.30. The molecule has 1 aromatic heterocycles. The molecule has 3 N–H and O–H groups in total. The summed E-state index contributed by atoms with van der Waals surface area (Å²) < 4.78 is 0. The summed E-state index contributed by atoms with van der Waals surface area (Å²) in [5, 5.41) is 4.47. The van der Waals surface area contributed by atoms with E-state index in [1.54, 1.807) is 6.33 Å². The highest BCUT2D eigenvalue weighted by Gasteiger charge is 2.22. The van der Waals surface area contributed by atoms with Crippen molar-refractivity contribution in [3.63, 3.8) is 0 Å². The number of likely N-dealkylation sites (tertiary alicyclic amines) is 1. The predicted octanol–water partition coefficient (Wildman–Crippen LogP) is 2.11. The molecule has 1 aliphatic heterocycles. The van der Waals surface area contributed by atoms with Gasteiger partial charge in [0, 0.05) is 23.7 Å². The van der Waals surface area contributed by atoms with Crippen molar-refractivity contribution >= 4 is 22.4 Å². The highest BCUT2D eigenvalue weighted by atomic mass is 15.2. The van der Waals surface area contributed by atoms with Crippen LogP contribution in [0, 0.1) is 0 Å². The molecule has 0 amide bonds. The van der Waals surface area contributed by atoms with Crippen molar-refractivity contribution in [1.29, 1.82) is 0 Å². The van der Waals surface area contributed by atoms with Crippen LogP contribution in [-0.2, 0) is 0 Å². The van der Waals surface area contributed by atoms with Gasteiger partial charge in [0.15, 0.2) is 0 Å². The molecule has 1 saturated heterocycles. The summed E-state index contributed by atoms with van der Waals surface area (Å²) >= 11 is 0. The second-order valence-electron chi connectivity index (χ2n) is 5.30. The summed E-state index contributed by atoms with van der Waals surface area (Å²) in [6, 6.07) is 6.34. The van der Waals surface area contributed by atoms with Gasteiger partial charge in [-0.15, -0.1) is 0 Å². The smallest absolute Gasteiger partial charge is 0.137 e. The number of hydrogen-bond acceptors (Lipinski definition) is 5. The van der Waals surface area contributed by atoms with Gasteiger partial charge >= 0.3 is 0 Å². The number of benzene rings is 1. The summed E-state index contributed by atoms with van der Waals surface area (Å²) in [6.45, 7) is 5.47. The maximum absolute atomic E-state index is 5.86. The molecule has 0 saturated carbocycles. The Kier molecular flexibility index (Phi) is 3.69. The van der Waals surface area contributed by atoms with Crippen LogP contribution in [0.5, 0.6) is 0 Å². The van der Waals surface area contributed by atoms with Crippen LogP contribution in [0.1, 0.15) is 19.8 Å². The molecule has 0 bridgehead atoms. The zero-order valence-electron chi connectivity index (χ0n) is 11.8. The van der Waals surface area contributed by atoms with Gasteiger partial charge in [0.2, 0.25) is 0 Å². The summed E-state index contributed by atoms with van der Waals surface area (Å²) in [5.41, 5.74) is 7.53. The largest absolute Gasteiger partial charge is 0.399 e. The third-order valence-corrected chi connectivity index (χ3v) is 4.07. The molecule has 5 nitrogen and oxygen atoms in total. The van der Waals surface area contributed by atoms with Crippen LogP contribution in [0.3, 0.4) is 0 Å². The molecule has 0 radical (unpaired) electrons. The van der Waals surface area contributed by atoms with Gasteiger partial charge in [0.1, 0.15) is 12.1 Å². The van der Waals surface area contributed by atoms with Crippen LogP contribution < -0.4 is 11.1 Å². The van der Waals surface area contributed by atoms with E-state index in [1.807, 2.05) is 18.2 Å². The van der Waals surface area contributed by atoms with Crippen LogP contribution in [0.2, 0.25) is 0 Å². The number of nitrogens with two attached hydrogens (primary N) is 1. The zero-order chi connectivity index (χ0) is 13.9. The molecule has 5 heteroatoms. The summed E-state index contributed by atoms with van der Waals surface area (Å²) in [7, 11) is 0. The van der Waals surface area contributed by atoms with Gasteiger partial charge in [0.05, 0.1) is 5.52 Å². The van der Waals surface area contributed by atoms with Crippen molar-refractivity contribution < 1.29 is 0 Å². The van der Waals surface area contributed by atoms with Gasteiger partial charge in [-0.05, 0) is 44.1 Å². The molecule has 1 unspecified atom stereocenters. The first-order chi connectivity index (χ1) is 9.78. The number of fused-ring (bicyclic) bond motifs is 1. The van der Waals surface area contributed by atoms with Crippen LogP contribution in [-0.4, -0.2) is 40.5 Å². The number of rotatable bonds is 4. The first-order valence-corrected chi connectivity index (χ1v) is 7.26. The molecular weight excluding hydrogens is 250 g/mol. The number of nitrogen functional groups attached to an aromatic ring is 1. The Hall–Kier alpha value is -1.88. The quantitative estimate of drug-likeness (QED) is 0.834. The minimum Gasteiger partial charge on any atom is -0.399 e. The van der Waals surface area contributed by atoms with E-state index in [1.165, 1.54) is 19.4 Å². The van der Waals surface area contributed by atoms with Crippen LogP contribution >= 0.6 is 0 Å². The maximum Gasteiger partial charge on any atom is 0.137 e. The molecule has 0 aliphatic carbocycles. The third kappa shape index (κ3) is 2.54. The summed E-state index contributed by atoms with van der Waals surface area (Å²) in [6.07, 6.45) is 4.15. The van der Waals surface area contributed by atoms with Crippen molar-refractivity contribution in [2.75, 3.05) is 30.7 Å². The average molecular weight is 271 g/mol. The van der Waals surface area contributed by atoms with Crippen molar-refractivity contribution in [2.24, 2.45) is 0 Å². The molecule has 1 atom stereocenters. The van der Waals surface area contributed by atoms with E-state index in [0.717, 1.165) is 35.5 Å². The van der Waals surface area contributed by atoms with Crippen LogP contribution in [0.15, 0.2) is 24.5 Å². The molecule has 106 valence electrons. The number of aromatic nitrogens is 2. The van der Waals surface area contributed by atoms with Crippen molar-refractivity contribution in [2.45, 2.75) is 25.8 Å². The van der Waals surface area contributed by atoms with Crippen molar-refractivity contribution in [1.82, 2.24) is 14.9 Å². The van der Waals surface area contributed by atoms with Gasteiger partial charge in [0.25, 0.3) is 0 Å². The Labute approximate surface area is 119 Å². The Morgan fingerprint density at radius 1 is 1.40 bits per heavy atom. The Morgan fingerprint density at radius 3 is 3.15 bits per heavy atom. The minimum absolute atomic E-state index is 0.603. The molecular formula is C15H21N5. The van der Waals surface area contributed by atoms with Gasteiger partial charge in [-0.1, -0.05) is 6.92 Å². The number of nitrogens with one attached hydrogen (secondary N) is 1. The third-order valence-electron chi connectivity index (χ3n) is 4.07. The van der Waals surface area contributed by atoms with Gasteiger partial charge in [-0.2, -0.15) is 0 Å². The molecule has 1 fully saturated rings. The highest BCUT2D eigenvalue weighted by Crippen LogP contribution is 2.23. The first kappa shape index (κ1) is 13.1. The molecule has 3 rings (SSSR count). The topological polar surface area (TPSA) is 67.1 Å². The standard InChI is InChI=1S/C15H21N5/c1-2-20-7-3-4-12(20)9-17-15-13-8-11(16)5-6-14(13)18-10-19-15/h5-6,8,10,12H,2-4,7,9,16H2,1H3,(H,17,18,19). The van der Waals surface area contributed by atoms with Crippen molar-refractivity contribution in [3.8, 4) is 0 Å². The fourth-order valence-corrected chi connectivity index (χ4v) is 2.97. The first-order valence-electron chi connectivity index (χ1n) is 7.26. The van der Waals surface area contributed by atoms with E-state index in [-0.39, 0.29) is 0 Å². The van der Waals surface area contributed by atoms with Gasteiger partial charge < -0.3 is 11.1 Å². The monoisotopic (exact) mass is 271 g/mol. The Balaban J connectivity index is 1.79. The molecule has 1 aromatic carbocycles. The fourth-order valence-electron chi connectivity index (χ4n) is 2.97. The van der Waals surface area contributed by atoms with E-state index in [9.17, 15) is 0 Å². The van der Waals surface area contributed by atoms with E-state index >= 15 is 0 Å². The second kappa shape index (κ2) is 5.63. The van der Waals surface area contributed by atoms with Gasteiger partial charge in [-0.3, -0.25) is 4.90 Å². The Morgan fingerprint density at radius 2 is 2.30 bits per heavy atom. The molecule has 2 heterocycles. The van der Waals surface area contributed by atoms with Gasteiger partial charge in [-0.25, -0.2) is 9.97 Å². The number of anilines is 2. The highest BCUT2D eigenvalue weighted by molar-refractivity contribution is 5.91. The molecule has 0 spiro atoms. The van der Waals surface area contributed by atoms with Crippen LogP contribution in [0.25, 0.3) is 10.9 Å². The van der Waals surface area contributed by atoms with E-state index < -0.39 is 0 Å². The fraction of sp³-hybridized carbons (Fsp3) is 0.467. The van der Waals surface area contributed by atoms with E-state index in [4.69, 9.17) is 5.73 Å². The van der Waals surface area contributed by atoms with Crippen LogP contribution in [0.4, 0.5) is 11.5 Å². The van der Waals surface area contributed by atoms with Crippen molar-refractivity contribution in [3.05, 3.63) is 24.5 Å². The van der Waals surface area contributed by atoms with E-state index in [2.05, 4.69) is 27.1 Å². The summed E-state index contributed by atoms with van der Waals surface area (Å²) in [4.78, 5) is 11.2. The minimum atomic E-state index is 0.603. The van der Waals surface area contributed by atoms with E-state index in [0.29, 0.717) is 6.04 Å². The normalized spacial score (nSPS) is 19.6. The predicted molar refractivity (Wildman–Crippen MR) is 82.7 cm³/mol. The number of nitrogens with zero attached hydrogens (tertiary/aromatic N) is 3. The lowest BCUT2D eigenvalue weighted by Gasteiger charge is -2.23. The lowest BCUT2D eigenvalue weighted by molar-refractivity contribution is 0.277. The average Bonchev–Trinajstić information content (AvgIpc) is 2.92.